The summed E-state index contributed by atoms with van der Waals surface area (Å²) in [6.45, 7) is 0.00157. The van der Waals surface area contributed by atoms with Gasteiger partial charge in [0.25, 0.3) is 6.47 Å². The highest BCUT2D eigenvalue weighted by Crippen LogP contribution is 2.31. The van der Waals surface area contributed by atoms with Gasteiger partial charge in [-0.2, -0.15) is 0 Å². The number of carbonyl (C=O) groups excluding carboxylic acids is 2. The molecule has 25 heavy (non-hydrogen) atoms. The number of hydrogen-bond acceptors (Lipinski definition) is 9. The van der Waals surface area contributed by atoms with Crippen LogP contribution < -0.4 is 0 Å². The van der Waals surface area contributed by atoms with Crippen LogP contribution in [-0.4, -0.2) is 62.1 Å². The fraction of sp³-hybridized carbons (Fsp3) is 0.375. The van der Waals surface area contributed by atoms with Crippen molar-refractivity contribution in [1.29, 1.82) is 0 Å². The highest BCUT2D eigenvalue weighted by Gasteiger charge is 2.47. The monoisotopic (exact) mass is 354 g/mol. The Labute approximate surface area is 142 Å². The molecule has 1 aliphatic carbocycles. The van der Waals surface area contributed by atoms with Crippen LogP contribution in [0.25, 0.3) is 6.08 Å². The second-order valence-electron chi connectivity index (χ2n) is 5.69. The molecule has 0 bridgehead atoms. The van der Waals surface area contributed by atoms with E-state index in [1.165, 1.54) is 24.3 Å². The molecule has 1 aromatic rings. The molecule has 0 aliphatic heterocycles. The number of phenols is 2. The van der Waals surface area contributed by atoms with Crippen molar-refractivity contribution in [2.24, 2.45) is 0 Å². The van der Waals surface area contributed by atoms with Crippen LogP contribution in [0.2, 0.25) is 0 Å². The van der Waals surface area contributed by atoms with E-state index in [9.17, 15) is 35.1 Å². The quantitative estimate of drug-likeness (QED) is 0.153. The Morgan fingerprint density at radius 1 is 1.16 bits per heavy atom. The van der Waals surface area contributed by atoms with Crippen molar-refractivity contribution in [3.05, 3.63) is 29.8 Å². The molecule has 1 aromatic carbocycles. The summed E-state index contributed by atoms with van der Waals surface area (Å²) in [5.74, 6) is -3.57. The molecule has 2 unspecified atom stereocenters. The van der Waals surface area contributed by atoms with Gasteiger partial charge in [0.05, 0.1) is 12.2 Å². The zero-order chi connectivity index (χ0) is 18.6. The summed E-state index contributed by atoms with van der Waals surface area (Å²) in [7, 11) is 0. The van der Waals surface area contributed by atoms with Crippen LogP contribution in [-0.2, 0) is 19.1 Å². The Morgan fingerprint density at radius 3 is 2.36 bits per heavy atom. The van der Waals surface area contributed by atoms with E-state index < -0.39 is 42.9 Å². The topological polar surface area (TPSA) is 154 Å². The average Bonchev–Trinajstić information content (AvgIpc) is 2.52. The largest absolute Gasteiger partial charge is 0.504 e. The van der Waals surface area contributed by atoms with Crippen LogP contribution in [0.5, 0.6) is 11.5 Å². The van der Waals surface area contributed by atoms with Crippen LogP contribution in [0.1, 0.15) is 18.4 Å². The number of aliphatic hydroxyl groups excluding tert-OH is 2. The lowest BCUT2D eigenvalue weighted by Gasteiger charge is -2.39. The SMILES string of the molecule is O=COC1(O)CC(O)C(OC(=O)/C=C/c2ccc(O)c(O)c2)C(O)C1. The number of benzene rings is 1. The highest BCUT2D eigenvalue weighted by molar-refractivity contribution is 5.87. The minimum Gasteiger partial charge on any atom is -0.504 e. The van der Waals surface area contributed by atoms with E-state index in [-0.39, 0.29) is 18.0 Å². The number of hydrogen-bond donors (Lipinski definition) is 5. The van der Waals surface area contributed by atoms with Crippen LogP contribution in [0, 0.1) is 0 Å². The molecule has 0 spiro atoms. The van der Waals surface area contributed by atoms with E-state index in [1.54, 1.807) is 0 Å². The first-order valence-electron chi connectivity index (χ1n) is 7.35. The zero-order valence-electron chi connectivity index (χ0n) is 13.0. The minimum atomic E-state index is -2.02. The third-order valence-electron chi connectivity index (χ3n) is 3.75. The van der Waals surface area contributed by atoms with Gasteiger partial charge in [0.1, 0.15) is 0 Å². The van der Waals surface area contributed by atoms with Crippen molar-refractivity contribution >= 4 is 18.5 Å². The van der Waals surface area contributed by atoms with Crippen molar-refractivity contribution in [2.75, 3.05) is 0 Å². The first-order chi connectivity index (χ1) is 11.7. The molecule has 1 aliphatic rings. The average molecular weight is 354 g/mol. The lowest BCUT2D eigenvalue weighted by molar-refractivity contribution is -0.255. The number of carbonyl (C=O) groups is 2. The molecule has 136 valence electrons. The molecule has 0 aromatic heterocycles. The Balaban J connectivity index is 1.99. The summed E-state index contributed by atoms with van der Waals surface area (Å²) in [6, 6.07) is 3.91. The highest BCUT2D eigenvalue weighted by atomic mass is 16.6. The third-order valence-corrected chi connectivity index (χ3v) is 3.75. The van der Waals surface area contributed by atoms with Gasteiger partial charge in [-0.1, -0.05) is 6.07 Å². The Bertz CT molecular complexity index is 658. The molecule has 2 rings (SSSR count). The molecule has 0 amide bonds. The summed E-state index contributed by atoms with van der Waals surface area (Å²) < 4.78 is 9.42. The number of esters is 1. The van der Waals surface area contributed by atoms with Gasteiger partial charge < -0.3 is 35.0 Å². The first kappa shape index (κ1) is 18.7. The van der Waals surface area contributed by atoms with Gasteiger partial charge >= 0.3 is 5.97 Å². The standard InChI is InChI=1S/C16H18O9/c17-8-24-16(23)6-12(20)15(13(21)7-16)25-14(22)4-2-9-1-3-10(18)11(19)5-9/h1-5,8,12-13,15,18-21,23H,6-7H2/b4-2+. The number of rotatable bonds is 5. The molecule has 5 N–H and O–H groups in total. The van der Waals surface area contributed by atoms with Gasteiger partial charge in [-0.25, -0.2) is 4.79 Å². The van der Waals surface area contributed by atoms with Gasteiger partial charge in [0, 0.05) is 18.9 Å². The summed E-state index contributed by atoms with van der Waals surface area (Å²) in [4.78, 5) is 22.2. The predicted octanol–water partition coefficient (Wildman–Crippen LogP) is -0.600. The van der Waals surface area contributed by atoms with Gasteiger partial charge in [0.2, 0.25) is 5.79 Å². The fourth-order valence-corrected chi connectivity index (χ4v) is 2.55. The lowest BCUT2D eigenvalue weighted by Crippen LogP contribution is -2.55. The second-order valence-corrected chi connectivity index (χ2v) is 5.69. The fourth-order valence-electron chi connectivity index (χ4n) is 2.55. The summed E-state index contributed by atoms with van der Waals surface area (Å²) in [5, 5.41) is 48.3. The molecule has 1 saturated carbocycles. The van der Waals surface area contributed by atoms with E-state index in [2.05, 4.69) is 4.74 Å². The van der Waals surface area contributed by atoms with Crippen molar-refractivity contribution < 1.29 is 44.6 Å². The van der Waals surface area contributed by atoms with Crippen molar-refractivity contribution in [3.8, 4) is 11.5 Å². The molecule has 2 atom stereocenters. The maximum atomic E-state index is 11.8. The smallest absolute Gasteiger partial charge is 0.331 e. The molecule has 9 nitrogen and oxygen atoms in total. The molecule has 0 radical (unpaired) electrons. The molecule has 1 fully saturated rings. The van der Waals surface area contributed by atoms with Gasteiger partial charge in [-0.15, -0.1) is 0 Å². The van der Waals surface area contributed by atoms with E-state index in [0.717, 1.165) is 6.08 Å². The molecule has 0 saturated heterocycles. The van der Waals surface area contributed by atoms with E-state index in [4.69, 9.17) is 4.74 Å². The zero-order valence-corrected chi connectivity index (χ0v) is 13.0. The Morgan fingerprint density at radius 2 is 1.80 bits per heavy atom. The Kier molecular flexibility index (Phi) is 5.62. The van der Waals surface area contributed by atoms with Crippen LogP contribution in [0.15, 0.2) is 24.3 Å². The molecular weight excluding hydrogens is 336 g/mol. The van der Waals surface area contributed by atoms with Gasteiger partial charge in [-0.3, -0.25) is 4.79 Å². The van der Waals surface area contributed by atoms with E-state index in [0.29, 0.717) is 5.56 Å². The summed E-state index contributed by atoms with van der Waals surface area (Å²) in [5.41, 5.74) is 0.408. The maximum absolute atomic E-state index is 11.8. The van der Waals surface area contributed by atoms with Crippen LogP contribution >= 0.6 is 0 Å². The summed E-state index contributed by atoms with van der Waals surface area (Å²) >= 11 is 0. The number of aliphatic hydroxyl groups is 3. The molecule has 0 heterocycles. The number of ether oxygens (including phenoxy) is 2. The van der Waals surface area contributed by atoms with Crippen molar-refractivity contribution in [2.45, 2.75) is 36.9 Å². The second kappa shape index (κ2) is 7.51. The Hall–Kier alpha value is -2.62. The van der Waals surface area contributed by atoms with E-state index in [1.807, 2.05) is 0 Å². The molecule has 9 heteroatoms. The van der Waals surface area contributed by atoms with E-state index >= 15 is 0 Å². The van der Waals surface area contributed by atoms with Crippen LogP contribution in [0.4, 0.5) is 0 Å². The summed E-state index contributed by atoms with van der Waals surface area (Å²) in [6.07, 6.45) is -2.72. The van der Waals surface area contributed by atoms with Crippen LogP contribution in [0.3, 0.4) is 0 Å². The van der Waals surface area contributed by atoms with Crippen molar-refractivity contribution in [3.63, 3.8) is 0 Å². The molecular formula is C16H18O9. The van der Waals surface area contributed by atoms with Crippen molar-refractivity contribution in [1.82, 2.24) is 0 Å². The van der Waals surface area contributed by atoms with Gasteiger partial charge in [0.15, 0.2) is 17.6 Å². The maximum Gasteiger partial charge on any atom is 0.331 e. The number of phenolic OH excluding ortho intramolecular Hbond substituents is 2. The van der Waals surface area contributed by atoms with Gasteiger partial charge in [-0.05, 0) is 23.8 Å². The normalized spacial score (nSPS) is 29.3. The third kappa shape index (κ3) is 4.69. The predicted molar refractivity (Wildman–Crippen MR) is 82.0 cm³/mol. The minimum absolute atomic E-state index is 0.00157. The number of aromatic hydroxyl groups is 2. The first-order valence-corrected chi connectivity index (χ1v) is 7.35. The lowest BCUT2D eigenvalue weighted by atomic mass is 9.87.